The molecule has 2 aromatic carbocycles. The van der Waals surface area contributed by atoms with Crippen LogP contribution in [0, 0.1) is 6.92 Å². The molecule has 0 radical (unpaired) electrons. The third kappa shape index (κ3) is 2.68. The lowest BCUT2D eigenvalue weighted by atomic mass is 9.83. The van der Waals surface area contributed by atoms with Crippen LogP contribution in [0.1, 0.15) is 38.8 Å². The van der Waals surface area contributed by atoms with E-state index >= 15 is 0 Å². The van der Waals surface area contributed by atoms with E-state index in [9.17, 15) is 14.4 Å². The number of hydrogen-bond acceptors (Lipinski definition) is 6. The Hall–Kier alpha value is -3.12. The summed E-state index contributed by atoms with van der Waals surface area (Å²) in [5.74, 6) is -0.970. The molecule has 0 fully saturated rings. The number of aryl methyl sites for hydroxylation is 1. The third-order valence-electron chi connectivity index (χ3n) is 4.77. The van der Waals surface area contributed by atoms with Crippen molar-refractivity contribution in [3.05, 3.63) is 80.9 Å². The van der Waals surface area contributed by atoms with E-state index in [-0.39, 0.29) is 34.6 Å². The van der Waals surface area contributed by atoms with Gasteiger partial charge in [0.05, 0.1) is 17.7 Å². The Bertz CT molecular complexity index is 1250. The molecule has 1 aliphatic rings. The first-order valence-corrected chi connectivity index (χ1v) is 9.21. The van der Waals surface area contributed by atoms with Gasteiger partial charge in [-0.1, -0.05) is 24.3 Å². The van der Waals surface area contributed by atoms with Gasteiger partial charge in [-0.3, -0.25) is 9.59 Å². The number of thiol groups is 1. The molecular formula is C22H16O5S. The van der Waals surface area contributed by atoms with Gasteiger partial charge in [0.25, 0.3) is 0 Å². The Morgan fingerprint density at radius 1 is 1.00 bits per heavy atom. The smallest absolute Gasteiger partial charge is 0.344 e. The van der Waals surface area contributed by atoms with Crippen LogP contribution in [0.5, 0.6) is 0 Å². The second-order valence-electron chi connectivity index (χ2n) is 6.41. The minimum Gasteiger partial charge on any atom is -0.489 e. The number of ketones is 2. The first-order valence-electron chi connectivity index (χ1n) is 8.76. The van der Waals surface area contributed by atoms with Crippen LogP contribution >= 0.6 is 12.6 Å². The van der Waals surface area contributed by atoms with Crippen molar-refractivity contribution < 1.29 is 18.7 Å². The van der Waals surface area contributed by atoms with Gasteiger partial charge < -0.3 is 9.15 Å². The lowest BCUT2D eigenvalue weighted by Crippen LogP contribution is -2.26. The highest BCUT2D eigenvalue weighted by molar-refractivity contribution is 7.80. The molecule has 0 spiro atoms. The number of carbonyl (C=O) groups excluding carboxylic acids is 2. The third-order valence-corrected chi connectivity index (χ3v) is 5.04. The average Bonchev–Trinajstić information content (AvgIpc) is 2.67. The summed E-state index contributed by atoms with van der Waals surface area (Å²) in [6.45, 7) is 3.62. The molecule has 1 heterocycles. The molecule has 0 atom stereocenters. The van der Waals surface area contributed by atoms with Crippen LogP contribution in [0.15, 0.2) is 62.3 Å². The number of allylic oxidation sites excluding steroid dienone is 2. The minimum absolute atomic E-state index is 0.0475. The van der Waals surface area contributed by atoms with Gasteiger partial charge in [-0.25, -0.2) is 4.79 Å². The lowest BCUT2D eigenvalue weighted by Gasteiger charge is -2.21. The predicted molar refractivity (Wildman–Crippen MR) is 108 cm³/mol. The lowest BCUT2D eigenvalue weighted by molar-refractivity contribution is 0.0900. The van der Waals surface area contributed by atoms with E-state index in [2.05, 4.69) is 12.6 Å². The molecule has 3 aromatic rings. The molecule has 0 N–H and O–H groups in total. The van der Waals surface area contributed by atoms with Gasteiger partial charge in [-0.2, -0.15) is 0 Å². The van der Waals surface area contributed by atoms with Crippen LogP contribution in [0.3, 0.4) is 0 Å². The molecule has 0 saturated heterocycles. The van der Waals surface area contributed by atoms with Crippen molar-refractivity contribution in [2.75, 3.05) is 6.61 Å². The normalized spacial score (nSPS) is 13.8. The Kier molecular flexibility index (Phi) is 4.43. The molecule has 6 heteroatoms. The number of rotatable bonds is 3. The molecule has 28 heavy (non-hydrogen) atoms. The summed E-state index contributed by atoms with van der Waals surface area (Å²) in [6, 6.07) is 11.7. The van der Waals surface area contributed by atoms with E-state index in [1.165, 1.54) is 0 Å². The predicted octanol–water partition coefficient (Wildman–Crippen LogP) is 4.22. The highest BCUT2D eigenvalue weighted by Gasteiger charge is 2.36. The SMILES string of the molecule is CCOC1=C(c2c(C)c3ccc(S)cc3oc2=O)C(=O)c2ccccc2C1=O. The molecule has 0 amide bonds. The van der Waals surface area contributed by atoms with Crippen molar-refractivity contribution >= 4 is 40.7 Å². The molecular weight excluding hydrogens is 376 g/mol. The van der Waals surface area contributed by atoms with Crippen LogP contribution in [-0.2, 0) is 4.74 Å². The van der Waals surface area contributed by atoms with Crippen molar-refractivity contribution in [2.45, 2.75) is 18.7 Å². The monoisotopic (exact) mass is 392 g/mol. The van der Waals surface area contributed by atoms with E-state index < -0.39 is 17.2 Å². The van der Waals surface area contributed by atoms with Crippen LogP contribution < -0.4 is 5.63 Å². The highest BCUT2D eigenvalue weighted by Crippen LogP contribution is 2.35. The molecule has 4 rings (SSSR count). The van der Waals surface area contributed by atoms with Gasteiger partial charge in [-0.05, 0) is 37.6 Å². The Morgan fingerprint density at radius 2 is 1.68 bits per heavy atom. The first kappa shape index (κ1) is 18.3. The number of benzene rings is 2. The Balaban J connectivity index is 2.08. The van der Waals surface area contributed by atoms with E-state index in [1.807, 2.05) is 0 Å². The topological polar surface area (TPSA) is 73.6 Å². The molecule has 1 aromatic heterocycles. The molecule has 0 aliphatic heterocycles. The summed E-state index contributed by atoms with van der Waals surface area (Å²) in [4.78, 5) is 39.7. The van der Waals surface area contributed by atoms with E-state index in [1.54, 1.807) is 56.3 Å². The molecule has 5 nitrogen and oxygen atoms in total. The number of ether oxygens (including phenoxy) is 1. The van der Waals surface area contributed by atoms with Gasteiger partial charge in [0, 0.05) is 21.4 Å². The fourth-order valence-corrected chi connectivity index (χ4v) is 3.69. The quantitative estimate of drug-likeness (QED) is 0.534. The van der Waals surface area contributed by atoms with Crippen molar-refractivity contribution in [3.8, 4) is 0 Å². The molecule has 0 unspecified atom stereocenters. The Morgan fingerprint density at radius 3 is 2.36 bits per heavy atom. The number of Topliss-reactive ketones (excluding diaryl/α,β-unsaturated/α-hetero) is 2. The summed E-state index contributed by atoms with van der Waals surface area (Å²) in [5.41, 5.74) is 0.735. The van der Waals surface area contributed by atoms with Crippen molar-refractivity contribution in [3.63, 3.8) is 0 Å². The number of hydrogen-bond donors (Lipinski definition) is 1. The summed E-state index contributed by atoms with van der Waals surface area (Å²) in [6.07, 6.45) is 0. The summed E-state index contributed by atoms with van der Waals surface area (Å²) >= 11 is 4.27. The number of fused-ring (bicyclic) bond motifs is 2. The van der Waals surface area contributed by atoms with Gasteiger partial charge in [-0.15, -0.1) is 12.6 Å². The second-order valence-corrected chi connectivity index (χ2v) is 6.93. The van der Waals surface area contributed by atoms with E-state index in [4.69, 9.17) is 9.15 Å². The minimum atomic E-state index is -0.698. The summed E-state index contributed by atoms with van der Waals surface area (Å²) < 4.78 is 11.0. The van der Waals surface area contributed by atoms with Crippen molar-refractivity contribution in [2.24, 2.45) is 0 Å². The second kappa shape index (κ2) is 6.80. The number of carbonyl (C=O) groups is 2. The molecule has 1 aliphatic carbocycles. The van der Waals surface area contributed by atoms with Crippen LogP contribution in [0.25, 0.3) is 16.5 Å². The average molecular weight is 392 g/mol. The maximum absolute atomic E-state index is 13.3. The Labute approximate surface area is 166 Å². The summed E-state index contributed by atoms with van der Waals surface area (Å²) in [5, 5.41) is 0.662. The summed E-state index contributed by atoms with van der Waals surface area (Å²) in [7, 11) is 0. The van der Waals surface area contributed by atoms with Gasteiger partial charge in [0.15, 0.2) is 11.5 Å². The zero-order valence-corrected chi connectivity index (χ0v) is 16.1. The largest absolute Gasteiger partial charge is 0.489 e. The molecule has 0 bridgehead atoms. The maximum atomic E-state index is 13.3. The fraction of sp³-hybridized carbons (Fsp3) is 0.136. The molecule has 0 saturated carbocycles. The van der Waals surface area contributed by atoms with Gasteiger partial charge in [0.2, 0.25) is 5.78 Å². The van der Waals surface area contributed by atoms with Gasteiger partial charge >= 0.3 is 5.63 Å². The maximum Gasteiger partial charge on any atom is 0.344 e. The zero-order valence-electron chi connectivity index (χ0n) is 15.2. The molecule has 140 valence electrons. The van der Waals surface area contributed by atoms with E-state index in [0.29, 0.717) is 21.4 Å². The first-order chi connectivity index (χ1) is 13.4. The van der Waals surface area contributed by atoms with Crippen LogP contribution in [0.4, 0.5) is 0 Å². The van der Waals surface area contributed by atoms with Crippen LogP contribution in [-0.4, -0.2) is 18.2 Å². The standard InChI is InChI=1S/C22H16O5S/c1-3-26-21-18(19(23)14-6-4-5-7-15(14)20(21)24)17-11(2)13-9-8-12(28)10-16(13)27-22(17)25/h4-10,28H,3H2,1-2H3. The zero-order chi connectivity index (χ0) is 20.0. The van der Waals surface area contributed by atoms with Crippen LogP contribution in [0.2, 0.25) is 0 Å². The fourth-order valence-electron chi connectivity index (χ4n) is 3.50. The van der Waals surface area contributed by atoms with E-state index in [0.717, 1.165) is 0 Å². The highest BCUT2D eigenvalue weighted by atomic mass is 32.1. The van der Waals surface area contributed by atoms with Crippen molar-refractivity contribution in [1.29, 1.82) is 0 Å². The van der Waals surface area contributed by atoms with Crippen molar-refractivity contribution in [1.82, 2.24) is 0 Å². The van der Waals surface area contributed by atoms with Gasteiger partial charge in [0.1, 0.15) is 5.58 Å².